The van der Waals surface area contributed by atoms with Gasteiger partial charge in [-0.05, 0) is 38.5 Å². The molecule has 0 spiro atoms. The fourth-order valence-corrected chi connectivity index (χ4v) is 2.09. The third-order valence-electron chi connectivity index (χ3n) is 3.28. The minimum absolute atomic E-state index is 0.0155. The number of anilines is 1. The van der Waals surface area contributed by atoms with Crippen LogP contribution in [0.2, 0.25) is 0 Å². The van der Waals surface area contributed by atoms with Crippen LogP contribution >= 0.6 is 0 Å². The quantitative estimate of drug-likeness (QED) is 0.904. The summed E-state index contributed by atoms with van der Waals surface area (Å²) in [7, 11) is 0. The molecule has 1 atom stereocenters. The Labute approximate surface area is 122 Å². The van der Waals surface area contributed by atoms with Crippen molar-refractivity contribution >= 4 is 17.6 Å². The molecule has 0 aliphatic rings. The number of benzene rings is 1. The molecule has 2 rings (SSSR count). The molecule has 0 fully saturated rings. The first-order chi connectivity index (χ1) is 9.90. The van der Waals surface area contributed by atoms with Gasteiger partial charge in [-0.3, -0.25) is 4.79 Å². The number of aryl methyl sites for hydroxylation is 2. The largest absolute Gasteiger partial charge is 0.477 e. The Bertz CT molecular complexity index is 691. The molecule has 2 N–H and O–H groups in total. The van der Waals surface area contributed by atoms with E-state index in [1.165, 1.54) is 16.9 Å². The fourth-order valence-electron chi connectivity index (χ4n) is 2.09. The molecule has 0 aliphatic heterocycles. The van der Waals surface area contributed by atoms with Crippen LogP contribution in [0, 0.1) is 13.8 Å². The maximum Gasteiger partial charge on any atom is 0.354 e. The molecule has 0 saturated carbocycles. The Morgan fingerprint density at radius 3 is 2.62 bits per heavy atom. The second-order valence-electron chi connectivity index (χ2n) is 4.95. The monoisotopic (exact) mass is 287 g/mol. The minimum atomic E-state index is -1.11. The molecule has 0 bridgehead atoms. The molecule has 0 radical (unpaired) electrons. The van der Waals surface area contributed by atoms with E-state index in [-0.39, 0.29) is 11.6 Å². The van der Waals surface area contributed by atoms with Gasteiger partial charge >= 0.3 is 5.97 Å². The molecule has 110 valence electrons. The first-order valence-electron chi connectivity index (χ1n) is 6.55. The molecule has 1 heterocycles. The van der Waals surface area contributed by atoms with Crippen molar-refractivity contribution in [1.29, 1.82) is 0 Å². The predicted molar refractivity (Wildman–Crippen MR) is 78.4 cm³/mol. The molecular weight excluding hydrogens is 270 g/mol. The van der Waals surface area contributed by atoms with Gasteiger partial charge in [-0.25, -0.2) is 9.48 Å². The SMILES string of the molecule is Cc1ccc(NC(=O)C(C)n2nccc2C(=O)O)c(C)c1. The van der Waals surface area contributed by atoms with Crippen LogP contribution < -0.4 is 5.32 Å². The number of carboxylic acid groups (broad SMARTS) is 1. The van der Waals surface area contributed by atoms with Crippen molar-refractivity contribution in [3.8, 4) is 0 Å². The standard InChI is InChI=1S/C15H17N3O3/c1-9-4-5-12(10(2)8-9)17-14(19)11(3)18-13(15(20)21)6-7-16-18/h4-8,11H,1-3H3,(H,17,19)(H,20,21). The summed E-state index contributed by atoms with van der Waals surface area (Å²) in [5, 5.41) is 15.8. The van der Waals surface area contributed by atoms with Crippen molar-refractivity contribution in [2.24, 2.45) is 0 Å². The highest BCUT2D eigenvalue weighted by atomic mass is 16.4. The van der Waals surface area contributed by atoms with Gasteiger partial charge in [-0.15, -0.1) is 0 Å². The molecule has 0 aliphatic carbocycles. The van der Waals surface area contributed by atoms with Crippen molar-refractivity contribution in [3.63, 3.8) is 0 Å². The Morgan fingerprint density at radius 2 is 2.00 bits per heavy atom. The molecule has 21 heavy (non-hydrogen) atoms. The van der Waals surface area contributed by atoms with Crippen LogP contribution in [0.5, 0.6) is 0 Å². The topological polar surface area (TPSA) is 84.2 Å². The number of aromatic nitrogens is 2. The minimum Gasteiger partial charge on any atom is -0.477 e. The predicted octanol–water partition coefficient (Wildman–Crippen LogP) is 2.40. The summed E-state index contributed by atoms with van der Waals surface area (Å²) in [5.41, 5.74) is 2.76. The average Bonchev–Trinajstić information content (AvgIpc) is 2.90. The fraction of sp³-hybridized carbons (Fsp3) is 0.267. The van der Waals surface area contributed by atoms with E-state index in [1.54, 1.807) is 6.92 Å². The zero-order chi connectivity index (χ0) is 15.6. The first-order valence-corrected chi connectivity index (χ1v) is 6.55. The smallest absolute Gasteiger partial charge is 0.354 e. The summed E-state index contributed by atoms with van der Waals surface area (Å²) in [5.74, 6) is -1.42. The van der Waals surface area contributed by atoms with Crippen LogP contribution in [-0.2, 0) is 4.79 Å². The van der Waals surface area contributed by atoms with Gasteiger partial charge < -0.3 is 10.4 Å². The number of hydrogen-bond donors (Lipinski definition) is 2. The lowest BCUT2D eigenvalue weighted by Gasteiger charge is -2.15. The van der Waals surface area contributed by atoms with Crippen molar-refractivity contribution in [2.45, 2.75) is 26.8 Å². The Balaban J connectivity index is 2.20. The summed E-state index contributed by atoms with van der Waals surface area (Å²) < 4.78 is 1.20. The van der Waals surface area contributed by atoms with E-state index in [2.05, 4.69) is 10.4 Å². The molecule has 1 aromatic heterocycles. The van der Waals surface area contributed by atoms with Gasteiger partial charge in [-0.1, -0.05) is 17.7 Å². The summed E-state index contributed by atoms with van der Waals surface area (Å²) in [4.78, 5) is 23.3. The van der Waals surface area contributed by atoms with Crippen LogP contribution in [0.15, 0.2) is 30.5 Å². The maximum absolute atomic E-state index is 12.3. The molecule has 1 amide bonds. The van der Waals surface area contributed by atoms with Crippen molar-refractivity contribution in [2.75, 3.05) is 5.32 Å². The Hall–Kier alpha value is -2.63. The molecule has 6 nitrogen and oxygen atoms in total. The zero-order valence-electron chi connectivity index (χ0n) is 12.1. The van der Waals surface area contributed by atoms with Gasteiger partial charge in [-0.2, -0.15) is 5.10 Å². The number of hydrogen-bond acceptors (Lipinski definition) is 3. The summed E-state index contributed by atoms with van der Waals surface area (Å²) >= 11 is 0. The summed E-state index contributed by atoms with van der Waals surface area (Å²) in [6.07, 6.45) is 1.37. The van der Waals surface area contributed by atoms with Crippen molar-refractivity contribution in [3.05, 3.63) is 47.3 Å². The first kappa shape index (κ1) is 14.8. The number of carboxylic acids is 1. The number of carbonyl (C=O) groups is 2. The third-order valence-corrected chi connectivity index (χ3v) is 3.28. The third kappa shape index (κ3) is 3.10. The summed E-state index contributed by atoms with van der Waals surface area (Å²) in [6.45, 7) is 5.49. The lowest BCUT2D eigenvalue weighted by atomic mass is 10.1. The molecule has 1 aromatic carbocycles. The van der Waals surface area contributed by atoms with Crippen molar-refractivity contribution < 1.29 is 14.7 Å². The number of aromatic carboxylic acids is 1. The second kappa shape index (κ2) is 5.78. The average molecular weight is 287 g/mol. The highest BCUT2D eigenvalue weighted by molar-refractivity contribution is 5.95. The lowest BCUT2D eigenvalue weighted by molar-refractivity contribution is -0.119. The summed E-state index contributed by atoms with van der Waals surface area (Å²) in [6, 6.07) is 6.35. The molecular formula is C15H17N3O3. The van der Waals surface area contributed by atoms with Gasteiger partial charge in [0.1, 0.15) is 11.7 Å². The number of rotatable bonds is 4. The second-order valence-corrected chi connectivity index (χ2v) is 4.95. The van der Waals surface area contributed by atoms with E-state index < -0.39 is 12.0 Å². The molecule has 0 saturated heterocycles. The van der Waals surface area contributed by atoms with E-state index in [4.69, 9.17) is 5.11 Å². The number of nitrogens with one attached hydrogen (secondary N) is 1. The van der Waals surface area contributed by atoms with Gasteiger partial charge in [0.25, 0.3) is 0 Å². The van der Waals surface area contributed by atoms with E-state index in [1.807, 2.05) is 32.0 Å². The van der Waals surface area contributed by atoms with Gasteiger partial charge in [0, 0.05) is 11.9 Å². The lowest BCUT2D eigenvalue weighted by Crippen LogP contribution is -2.27. The van der Waals surface area contributed by atoms with Gasteiger partial charge in [0.05, 0.1) is 0 Å². The molecule has 6 heteroatoms. The normalized spacial score (nSPS) is 12.0. The Kier molecular flexibility index (Phi) is 4.07. The number of carbonyl (C=O) groups excluding carboxylic acids is 1. The van der Waals surface area contributed by atoms with Crippen LogP contribution in [0.3, 0.4) is 0 Å². The number of amides is 1. The number of nitrogens with zero attached hydrogens (tertiary/aromatic N) is 2. The maximum atomic E-state index is 12.3. The molecule has 2 aromatic rings. The highest BCUT2D eigenvalue weighted by Crippen LogP contribution is 2.18. The van der Waals surface area contributed by atoms with E-state index in [0.717, 1.165) is 11.1 Å². The molecule has 1 unspecified atom stereocenters. The van der Waals surface area contributed by atoms with Crippen molar-refractivity contribution in [1.82, 2.24) is 9.78 Å². The van der Waals surface area contributed by atoms with Gasteiger partial charge in [0.2, 0.25) is 5.91 Å². The van der Waals surface area contributed by atoms with Crippen LogP contribution in [0.4, 0.5) is 5.69 Å². The Morgan fingerprint density at radius 1 is 1.29 bits per heavy atom. The van der Waals surface area contributed by atoms with Gasteiger partial charge in [0.15, 0.2) is 0 Å². The van der Waals surface area contributed by atoms with E-state index in [0.29, 0.717) is 5.69 Å². The van der Waals surface area contributed by atoms with E-state index >= 15 is 0 Å². The van der Waals surface area contributed by atoms with Crippen LogP contribution in [0.25, 0.3) is 0 Å². The zero-order valence-corrected chi connectivity index (χ0v) is 12.1. The van der Waals surface area contributed by atoms with Crippen LogP contribution in [-0.4, -0.2) is 26.8 Å². The van der Waals surface area contributed by atoms with Crippen LogP contribution in [0.1, 0.15) is 34.6 Å². The van der Waals surface area contributed by atoms with E-state index in [9.17, 15) is 9.59 Å². The highest BCUT2D eigenvalue weighted by Gasteiger charge is 2.21.